The van der Waals surface area contributed by atoms with Gasteiger partial charge in [-0.15, -0.1) is 0 Å². The lowest BCUT2D eigenvalue weighted by atomic mass is 10.1. The molecule has 0 unspecified atom stereocenters. The maximum atomic E-state index is 13.0. The summed E-state index contributed by atoms with van der Waals surface area (Å²) < 4.78 is 2.06. The van der Waals surface area contributed by atoms with Crippen LogP contribution in [0.3, 0.4) is 0 Å². The molecule has 0 spiro atoms. The van der Waals surface area contributed by atoms with Gasteiger partial charge in [0.15, 0.2) is 0 Å². The van der Waals surface area contributed by atoms with Crippen molar-refractivity contribution in [3.63, 3.8) is 0 Å². The van der Waals surface area contributed by atoms with Gasteiger partial charge in [0.2, 0.25) is 0 Å². The van der Waals surface area contributed by atoms with Crippen LogP contribution in [0.25, 0.3) is 27.5 Å². The van der Waals surface area contributed by atoms with Gasteiger partial charge in [0.1, 0.15) is 0 Å². The lowest BCUT2D eigenvalue weighted by molar-refractivity contribution is 0.101. The predicted molar refractivity (Wildman–Crippen MR) is 171 cm³/mol. The van der Waals surface area contributed by atoms with Crippen molar-refractivity contribution in [2.75, 3.05) is 28.6 Å². The first kappa shape index (κ1) is 26.6. The fourth-order valence-electron chi connectivity index (χ4n) is 5.70. The number of aromatic nitrogens is 2. The van der Waals surface area contributed by atoms with E-state index in [-0.39, 0.29) is 17.9 Å². The highest BCUT2D eigenvalue weighted by atomic mass is 16.3. The Morgan fingerprint density at radius 1 is 0.698 bits per heavy atom. The number of nitrogens with zero attached hydrogens (tertiary/aromatic N) is 2. The van der Waals surface area contributed by atoms with Crippen molar-refractivity contribution in [1.82, 2.24) is 9.55 Å². The molecule has 1 aliphatic heterocycles. The summed E-state index contributed by atoms with van der Waals surface area (Å²) in [7, 11) is 0. The number of piperidine rings is 1. The molecule has 1 fully saturated rings. The second-order valence-electron chi connectivity index (χ2n) is 11.0. The maximum absolute atomic E-state index is 13.0. The molecule has 43 heavy (non-hydrogen) atoms. The van der Waals surface area contributed by atoms with E-state index >= 15 is 0 Å². The molecule has 8 nitrogen and oxygen atoms in total. The smallest absolute Gasteiger partial charge is 0.255 e. The molecule has 0 radical (unpaired) electrons. The third-order valence-electron chi connectivity index (χ3n) is 8.13. The molecule has 1 aliphatic rings. The summed E-state index contributed by atoms with van der Waals surface area (Å²) in [5.41, 5.74) is 6.57. The number of benzene rings is 4. The van der Waals surface area contributed by atoms with Gasteiger partial charge in [0.25, 0.3) is 11.8 Å². The Hall–Kier alpha value is -5.34. The lowest BCUT2D eigenvalue weighted by Crippen LogP contribution is -2.35. The average molecular weight is 570 g/mol. The van der Waals surface area contributed by atoms with E-state index in [1.54, 1.807) is 0 Å². The second-order valence-corrected chi connectivity index (χ2v) is 11.0. The zero-order chi connectivity index (χ0) is 29.3. The van der Waals surface area contributed by atoms with Gasteiger partial charge in [-0.05, 0) is 109 Å². The van der Waals surface area contributed by atoms with Crippen LogP contribution < -0.4 is 15.5 Å². The Morgan fingerprint density at radius 3 is 2.02 bits per heavy atom. The second kappa shape index (κ2) is 11.2. The van der Waals surface area contributed by atoms with E-state index in [2.05, 4.69) is 25.1 Å². The molecule has 0 aliphatic carbocycles. The van der Waals surface area contributed by atoms with Crippen LogP contribution >= 0.6 is 0 Å². The summed E-state index contributed by atoms with van der Waals surface area (Å²) in [5.74, 6) is -0.336. The molecule has 6 aromatic rings. The van der Waals surface area contributed by atoms with E-state index in [0.29, 0.717) is 16.8 Å². The van der Waals surface area contributed by atoms with Gasteiger partial charge in [0.05, 0.1) is 11.6 Å². The predicted octanol–water partition coefficient (Wildman–Crippen LogP) is 6.58. The number of H-pyrrole nitrogens is 1. The Morgan fingerprint density at radius 2 is 1.33 bits per heavy atom. The molecule has 0 bridgehead atoms. The molecular weight excluding hydrogens is 538 g/mol. The molecule has 2 aromatic heterocycles. The zero-order valence-corrected chi connectivity index (χ0v) is 23.5. The van der Waals surface area contributed by atoms with E-state index < -0.39 is 0 Å². The minimum Gasteiger partial charge on any atom is -0.393 e. The highest BCUT2D eigenvalue weighted by Gasteiger charge is 2.18. The van der Waals surface area contributed by atoms with E-state index in [1.807, 2.05) is 109 Å². The van der Waals surface area contributed by atoms with Gasteiger partial charge < -0.3 is 30.2 Å². The number of aliphatic hydroxyl groups is 1. The maximum Gasteiger partial charge on any atom is 0.255 e. The van der Waals surface area contributed by atoms with E-state index in [9.17, 15) is 14.7 Å². The minimum absolute atomic E-state index is 0.166. The monoisotopic (exact) mass is 569 g/mol. The number of anilines is 3. The number of carbonyl (C=O) groups excluding carboxylic acids is 2. The largest absolute Gasteiger partial charge is 0.393 e. The summed E-state index contributed by atoms with van der Waals surface area (Å²) in [6, 6.07) is 30.7. The normalized spacial score (nSPS) is 13.8. The number of hydrogen-bond acceptors (Lipinski definition) is 4. The summed E-state index contributed by atoms with van der Waals surface area (Å²) in [6.07, 6.45) is 5.17. The standard InChI is InChI=1S/C35H31N5O3/c41-31-15-18-39(19-16-31)29-8-2-24(3-9-29)34(42)37-27-7-12-33-26(21-27)14-20-40(33)30-10-4-25(5-11-30)35(43)38-28-6-1-23-13-17-36-32(23)22-28/h1-14,17,20-22,31,36,41H,15-16,18-19H2,(H,37,42)(H,38,43). The van der Waals surface area contributed by atoms with Crippen molar-refractivity contribution in [3.05, 3.63) is 121 Å². The highest BCUT2D eigenvalue weighted by Crippen LogP contribution is 2.26. The molecule has 214 valence electrons. The van der Waals surface area contributed by atoms with Crippen molar-refractivity contribution in [3.8, 4) is 5.69 Å². The van der Waals surface area contributed by atoms with Crippen LogP contribution in [0, 0.1) is 0 Å². The molecule has 7 rings (SSSR count). The van der Waals surface area contributed by atoms with Crippen molar-refractivity contribution in [1.29, 1.82) is 0 Å². The van der Waals surface area contributed by atoms with Gasteiger partial charge in [-0.2, -0.15) is 0 Å². The molecular formula is C35H31N5O3. The third kappa shape index (κ3) is 5.48. The van der Waals surface area contributed by atoms with Crippen LogP contribution in [-0.2, 0) is 0 Å². The Labute approximate surface area is 248 Å². The highest BCUT2D eigenvalue weighted by molar-refractivity contribution is 6.06. The minimum atomic E-state index is -0.216. The van der Waals surface area contributed by atoms with Crippen LogP contribution in [0.1, 0.15) is 33.6 Å². The number of carbonyl (C=O) groups is 2. The first-order chi connectivity index (χ1) is 21.0. The van der Waals surface area contributed by atoms with Gasteiger partial charge in [-0.1, -0.05) is 6.07 Å². The molecule has 4 aromatic carbocycles. The van der Waals surface area contributed by atoms with E-state index in [1.165, 1.54) is 0 Å². The number of aromatic amines is 1. The van der Waals surface area contributed by atoms with Gasteiger partial charge in [-0.25, -0.2) is 0 Å². The number of rotatable bonds is 6. The summed E-state index contributed by atoms with van der Waals surface area (Å²) in [4.78, 5) is 31.2. The Balaban J connectivity index is 1.01. The fraction of sp³-hybridized carbons (Fsp3) is 0.143. The number of amides is 2. The van der Waals surface area contributed by atoms with Gasteiger partial charge in [-0.3, -0.25) is 9.59 Å². The Bertz CT molecular complexity index is 1930. The van der Waals surface area contributed by atoms with Gasteiger partial charge >= 0.3 is 0 Å². The number of hydrogen-bond donors (Lipinski definition) is 4. The number of aliphatic hydroxyl groups excluding tert-OH is 1. The first-order valence-corrected chi connectivity index (χ1v) is 14.4. The molecule has 8 heteroatoms. The van der Waals surface area contributed by atoms with Gasteiger partial charge in [0, 0.05) is 70.3 Å². The van der Waals surface area contributed by atoms with Crippen LogP contribution in [0.4, 0.5) is 17.1 Å². The molecule has 2 amide bonds. The topological polar surface area (TPSA) is 102 Å². The number of fused-ring (bicyclic) bond motifs is 2. The molecule has 0 atom stereocenters. The molecule has 3 heterocycles. The van der Waals surface area contributed by atoms with Crippen molar-refractivity contribution in [2.24, 2.45) is 0 Å². The zero-order valence-electron chi connectivity index (χ0n) is 23.5. The number of nitrogens with one attached hydrogen (secondary N) is 3. The molecule has 1 saturated heterocycles. The summed E-state index contributed by atoms with van der Waals surface area (Å²) >= 11 is 0. The lowest BCUT2D eigenvalue weighted by Gasteiger charge is -2.31. The van der Waals surface area contributed by atoms with Crippen LogP contribution in [0.2, 0.25) is 0 Å². The van der Waals surface area contributed by atoms with Crippen LogP contribution in [-0.4, -0.2) is 45.7 Å². The van der Waals surface area contributed by atoms with Crippen molar-refractivity contribution in [2.45, 2.75) is 18.9 Å². The average Bonchev–Trinajstić information content (AvgIpc) is 3.68. The summed E-state index contributed by atoms with van der Waals surface area (Å²) in [6.45, 7) is 1.63. The Kier molecular flexibility index (Phi) is 6.89. The SMILES string of the molecule is O=C(Nc1ccc2c(ccn2-c2ccc(C(=O)Nc3ccc4cc[nH]c4c3)cc2)c1)c1ccc(N2CCC(O)CC2)cc1. The third-order valence-corrected chi connectivity index (χ3v) is 8.13. The van der Waals surface area contributed by atoms with E-state index in [0.717, 1.165) is 64.8 Å². The van der Waals surface area contributed by atoms with Crippen molar-refractivity contribution < 1.29 is 14.7 Å². The summed E-state index contributed by atoms with van der Waals surface area (Å²) in [5, 5.41) is 17.8. The molecule has 4 N–H and O–H groups in total. The molecule has 0 saturated carbocycles. The van der Waals surface area contributed by atoms with Crippen LogP contribution in [0.5, 0.6) is 0 Å². The first-order valence-electron chi connectivity index (χ1n) is 14.4. The van der Waals surface area contributed by atoms with E-state index in [4.69, 9.17) is 0 Å². The van der Waals surface area contributed by atoms with Crippen LogP contribution in [0.15, 0.2) is 109 Å². The van der Waals surface area contributed by atoms with Crippen molar-refractivity contribution >= 4 is 50.7 Å². The quantitative estimate of drug-likeness (QED) is 0.182. The fourth-order valence-corrected chi connectivity index (χ4v) is 5.70.